The van der Waals surface area contributed by atoms with Crippen molar-refractivity contribution in [2.75, 3.05) is 6.54 Å². The Hall–Kier alpha value is -1.16. The van der Waals surface area contributed by atoms with E-state index in [1.165, 1.54) is 0 Å². The molecule has 0 saturated heterocycles. The van der Waals surface area contributed by atoms with Gasteiger partial charge in [-0.3, -0.25) is 4.79 Å². The Labute approximate surface area is 132 Å². The van der Waals surface area contributed by atoms with Gasteiger partial charge in [-0.05, 0) is 48.9 Å². The second-order valence-corrected chi connectivity index (χ2v) is 5.94. The molecule has 20 heavy (non-hydrogen) atoms. The first-order valence-corrected chi connectivity index (χ1v) is 7.51. The number of benzene rings is 2. The first kappa shape index (κ1) is 15.2. The molecule has 0 aliphatic carbocycles. The molecule has 0 radical (unpaired) electrons. The van der Waals surface area contributed by atoms with Crippen LogP contribution in [0.15, 0.2) is 53.0 Å². The number of hydrogen-bond acceptors (Lipinski definition) is 2. The van der Waals surface area contributed by atoms with Crippen LogP contribution in [0.1, 0.15) is 28.9 Å². The summed E-state index contributed by atoms with van der Waals surface area (Å²) in [7, 11) is 0. The topological polar surface area (TPSA) is 29.1 Å². The van der Waals surface area contributed by atoms with E-state index in [0.717, 1.165) is 10.0 Å². The molecule has 104 valence electrons. The summed E-state index contributed by atoms with van der Waals surface area (Å²) in [5.41, 5.74) is 1.81. The van der Waals surface area contributed by atoms with Crippen LogP contribution in [0.2, 0.25) is 5.02 Å². The minimum absolute atomic E-state index is 0.0588. The summed E-state index contributed by atoms with van der Waals surface area (Å²) in [5.74, 6) is 0.0588. The molecule has 0 bridgehead atoms. The average molecular weight is 353 g/mol. The molecule has 0 fully saturated rings. The molecular formula is C16H15BrClNO. The van der Waals surface area contributed by atoms with Crippen LogP contribution in [0.5, 0.6) is 0 Å². The lowest BCUT2D eigenvalue weighted by Gasteiger charge is -2.14. The van der Waals surface area contributed by atoms with Crippen molar-refractivity contribution < 1.29 is 4.79 Å². The molecule has 2 nitrogen and oxygen atoms in total. The molecule has 0 aliphatic rings. The lowest BCUT2D eigenvalue weighted by molar-refractivity contribution is 0.0988. The molecule has 2 rings (SSSR count). The predicted molar refractivity (Wildman–Crippen MR) is 86.3 cm³/mol. The van der Waals surface area contributed by atoms with Gasteiger partial charge < -0.3 is 5.32 Å². The standard InChI is InChI=1S/C16H15BrClNO/c1-11(13-3-2-4-14(17)9-13)19-10-16(20)12-5-7-15(18)8-6-12/h2-9,11,19H,10H2,1H3. The Morgan fingerprint density at radius 3 is 2.60 bits per heavy atom. The van der Waals surface area contributed by atoms with Crippen LogP contribution in [0.3, 0.4) is 0 Å². The molecule has 4 heteroatoms. The van der Waals surface area contributed by atoms with E-state index in [0.29, 0.717) is 17.1 Å². The third-order valence-corrected chi connectivity index (χ3v) is 3.83. The van der Waals surface area contributed by atoms with E-state index in [9.17, 15) is 4.79 Å². The number of carbonyl (C=O) groups excluding carboxylic acids is 1. The number of carbonyl (C=O) groups is 1. The van der Waals surface area contributed by atoms with Crippen molar-refractivity contribution in [3.8, 4) is 0 Å². The Bertz CT molecular complexity index is 598. The zero-order valence-corrected chi connectivity index (χ0v) is 13.4. The van der Waals surface area contributed by atoms with E-state index >= 15 is 0 Å². The van der Waals surface area contributed by atoms with Crippen LogP contribution in [0.25, 0.3) is 0 Å². The van der Waals surface area contributed by atoms with Gasteiger partial charge in [-0.2, -0.15) is 0 Å². The zero-order chi connectivity index (χ0) is 14.5. The maximum Gasteiger partial charge on any atom is 0.176 e. The largest absolute Gasteiger partial charge is 0.303 e. The highest BCUT2D eigenvalue weighted by Crippen LogP contribution is 2.18. The van der Waals surface area contributed by atoms with Crippen LogP contribution in [-0.2, 0) is 0 Å². The number of halogens is 2. The molecule has 0 saturated carbocycles. The van der Waals surface area contributed by atoms with Gasteiger partial charge in [0.05, 0.1) is 6.54 Å². The van der Waals surface area contributed by atoms with Gasteiger partial charge in [0.15, 0.2) is 5.78 Å². The van der Waals surface area contributed by atoms with E-state index in [-0.39, 0.29) is 11.8 Å². The Morgan fingerprint density at radius 2 is 1.95 bits per heavy atom. The molecule has 0 heterocycles. The number of rotatable bonds is 5. The van der Waals surface area contributed by atoms with E-state index in [1.54, 1.807) is 24.3 Å². The third kappa shape index (κ3) is 4.17. The lowest BCUT2D eigenvalue weighted by Crippen LogP contribution is -2.26. The van der Waals surface area contributed by atoms with Crippen molar-refractivity contribution in [2.45, 2.75) is 13.0 Å². The third-order valence-electron chi connectivity index (χ3n) is 3.08. The smallest absolute Gasteiger partial charge is 0.176 e. The predicted octanol–water partition coefficient (Wildman–Crippen LogP) is 4.64. The normalized spacial score (nSPS) is 12.2. The molecule has 0 aromatic heterocycles. The van der Waals surface area contributed by atoms with Crippen LogP contribution in [0.4, 0.5) is 0 Å². The van der Waals surface area contributed by atoms with E-state index < -0.39 is 0 Å². The van der Waals surface area contributed by atoms with E-state index in [4.69, 9.17) is 11.6 Å². The maximum absolute atomic E-state index is 12.0. The summed E-state index contributed by atoms with van der Waals surface area (Å²) in [5, 5.41) is 3.87. The summed E-state index contributed by atoms with van der Waals surface area (Å²) < 4.78 is 1.03. The Morgan fingerprint density at radius 1 is 1.25 bits per heavy atom. The fraction of sp³-hybridized carbons (Fsp3) is 0.188. The van der Waals surface area contributed by atoms with Gasteiger partial charge in [-0.1, -0.05) is 39.7 Å². The number of Topliss-reactive ketones (excluding diaryl/α,β-unsaturated/α-hetero) is 1. The molecule has 1 atom stereocenters. The van der Waals surface area contributed by atoms with Gasteiger partial charge in [-0.15, -0.1) is 0 Å². The molecule has 1 N–H and O–H groups in total. The van der Waals surface area contributed by atoms with Crippen molar-refractivity contribution >= 4 is 33.3 Å². The van der Waals surface area contributed by atoms with Gasteiger partial charge in [0.25, 0.3) is 0 Å². The fourth-order valence-electron chi connectivity index (χ4n) is 1.88. The molecule has 0 spiro atoms. The number of nitrogens with one attached hydrogen (secondary N) is 1. The molecule has 2 aromatic carbocycles. The molecule has 2 aromatic rings. The van der Waals surface area contributed by atoms with Crippen molar-refractivity contribution in [1.82, 2.24) is 5.32 Å². The van der Waals surface area contributed by atoms with Gasteiger partial charge in [0, 0.05) is 21.1 Å². The minimum Gasteiger partial charge on any atom is -0.303 e. The van der Waals surface area contributed by atoms with Crippen molar-refractivity contribution in [2.24, 2.45) is 0 Å². The highest BCUT2D eigenvalue weighted by atomic mass is 79.9. The maximum atomic E-state index is 12.0. The number of ketones is 1. The quantitative estimate of drug-likeness (QED) is 0.795. The molecular weight excluding hydrogens is 338 g/mol. The van der Waals surface area contributed by atoms with Crippen LogP contribution < -0.4 is 5.32 Å². The fourth-order valence-corrected chi connectivity index (χ4v) is 2.42. The van der Waals surface area contributed by atoms with Crippen molar-refractivity contribution in [1.29, 1.82) is 0 Å². The number of hydrogen-bond donors (Lipinski definition) is 1. The van der Waals surface area contributed by atoms with Gasteiger partial charge in [0.2, 0.25) is 0 Å². The van der Waals surface area contributed by atoms with E-state index in [1.807, 2.05) is 31.2 Å². The van der Waals surface area contributed by atoms with Crippen molar-refractivity contribution in [3.63, 3.8) is 0 Å². The first-order chi connectivity index (χ1) is 9.56. The second kappa shape index (κ2) is 7.02. The van der Waals surface area contributed by atoms with Gasteiger partial charge >= 0.3 is 0 Å². The Kier molecular flexibility index (Phi) is 5.35. The molecule has 0 amide bonds. The minimum atomic E-state index is 0.0588. The summed E-state index contributed by atoms with van der Waals surface area (Å²) >= 11 is 9.25. The summed E-state index contributed by atoms with van der Waals surface area (Å²) in [6.07, 6.45) is 0. The Balaban J connectivity index is 1.94. The monoisotopic (exact) mass is 351 g/mol. The van der Waals surface area contributed by atoms with Gasteiger partial charge in [0.1, 0.15) is 0 Å². The van der Waals surface area contributed by atoms with Crippen molar-refractivity contribution in [3.05, 3.63) is 69.2 Å². The molecule has 1 unspecified atom stereocenters. The second-order valence-electron chi connectivity index (χ2n) is 4.59. The van der Waals surface area contributed by atoms with Crippen LogP contribution in [0, 0.1) is 0 Å². The SMILES string of the molecule is CC(NCC(=O)c1ccc(Cl)cc1)c1cccc(Br)c1. The van der Waals surface area contributed by atoms with Crippen LogP contribution >= 0.6 is 27.5 Å². The lowest BCUT2D eigenvalue weighted by atomic mass is 10.1. The van der Waals surface area contributed by atoms with E-state index in [2.05, 4.69) is 21.2 Å². The highest BCUT2D eigenvalue weighted by molar-refractivity contribution is 9.10. The van der Waals surface area contributed by atoms with Gasteiger partial charge in [-0.25, -0.2) is 0 Å². The van der Waals surface area contributed by atoms with Crippen LogP contribution in [-0.4, -0.2) is 12.3 Å². The molecule has 0 aliphatic heterocycles. The summed E-state index contributed by atoms with van der Waals surface area (Å²) in [4.78, 5) is 12.0. The summed E-state index contributed by atoms with van der Waals surface area (Å²) in [6.45, 7) is 2.34. The summed E-state index contributed by atoms with van der Waals surface area (Å²) in [6, 6.07) is 15.1. The average Bonchev–Trinajstić information content (AvgIpc) is 2.45. The zero-order valence-electron chi connectivity index (χ0n) is 11.1. The first-order valence-electron chi connectivity index (χ1n) is 6.34. The highest BCUT2D eigenvalue weighted by Gasteiger charge is 2.09.